The Morgan fingerprint density at radius 2 is 2.05 bits per heavy atom. The fourth-order valence-electron chi connectivity index (χ4n) is 2.51. The van der Waals surface area contributed by atoms with Gasteiger partial charge in [0, 0.05) is 29.0 Å². The Kier molecular flexibility index (Phi) is 2.00. The fourth-order valence-corrected chi connectivity index (χ4v) is 2.51. The molecule has 1 aliphatic rings. The van der Waals surface area contributed by atoms with Crippen molar-refractivity contribution in [1.29, 1.82) is 0 Å². The molecular formula is C15H11N3O. The maximum Gasteiger partial charge on any atom is 0.228 e. The average molecular weight is 249 g/mol. The molecule has 0 bridgehead atoms. The number of H-pyrrole nitrogens is 1. The highest BCUT2D eigenvalue weighted by atomic mass is 16.1. The number of aromatic amines is 1. The maximum atomic E-state index is 11.4. The molecule has 3 heterocycles. The Hall–Kier alpha value is -2.62. The van der Waals surface area contributed by atoms with Crippen LogP contribution in [0.15, 0.2) is 42.7 Å². The van der Waals surface area contributed by atoms with Gasteiger partial charge in [0.1, 0.15) is 5.65 Å². The third-order valence-corrected chi connectivity index (χ3v) is 3.46. The number of carbonyl (C=O) groups is 1. The van der Waals surface area contributed by atoms with Crippen molar-refractivity contribution in [2.24, 2.45) is 0 Å². The van der Waals surface area contributed by atoms with Gasteiger partial charge in [-0.25, -0.2) is 4.98 Å². The highest BCUT2D eigenvalue weighted by Gasteiger charge is 2.17. The van der Waals surface area contributed by atoms with E-state index in [1.165, 1.54) is 0 Å². The Labute approximate surface area is 109 Å². The third-order valence-electron chi connectivity index (χ3n) is 3.46. The summed E-state index contributed by atoms with van der Waals surface area (Å²) in [6.45, 7) is 0. The molecule has 0 unspecified atom stereocenters. The van der Waals surface area contributed by atoms with E-state index < -0.39 is 0 Å². The Morgan fingerprint density at radius 1 is 1.11 bits per heavy atom. The van der Waals surface area contributed by atoms with Crippen molar-refractivity contribution in [3.8, 4) is 11.1 Å². The van der Waals surface area contributed by atoms with E-state index in [9.17, 15) is 4.79 Å². The van der Waals surface area contributed by atoms with Gasteiger partial charge in [-0.05, 0) is 35.4 Å². The number of carbonyl (C=O) groups excluding carboxylic acids is 1. The largest absolute Gasteiger partial charge is 0.346 e. The third kappa shape index (κ3) is 1.61. The number of benzene rings is 1. The fraction of sp³-hybridized carbons (Fsp3) is 0.0667. The molecule has 0 saturated heterocycles. The molecule has 2 N–H and O–H groups in total. The molecule has 1 amide bonds. The van der Waals surface area contributed by atoms with E-state index >= 15 is 0 Å². The minimum absolute atomic E-state index is 0.0614. The number of amides is 1. The molecule has 92 valence electrons. The van der Waals surface area contributed by atoms with Crippen molar-refractivity contribution in [3.63, 3.8) is 0 Å². The molecule has 4 nitrogen and oxygen atoms in total. The zero-order valence-corrected chi connectivity index (χ0v) is 10.1. The number of aromatic nitrogens is 2. The normalized spacial score (nSPS) is 13.6. The molecule has 19 heavy (non-hydrogen) atoms. The van der Waals surface area contributed by atoms with E-state index in [1.54, 1.807) is 0 Å². The lowest BCUT2D eigenvalue weighted by Gasteiger charge is -2.04. The van der Waals surface area contributed by atoms with Crippen molar-refractivity contribution in [2.45, 2.75) is 6.42 Å². The molecule has 0 fully saturated rings. The summed E-state index contributed by atoms with van der Waals surface area (Å²) in [5.41, 5.74) is 5.02. The van der Waals surface area contributed by atoms with Crippen LogP contribution in [-0.2, 0) is 11.2 Å². The SMILES string of the molecule is O=C1Cc2cc(-c3cnc4[nH]ccc4c3)ccc2N1. The molecule has 0 spiro atoms. The van der Waals surface area contributed by atoms with Crippen molar-refractivity contribution >= 4 is 22.6 Å². The summed E-state index contributed by atoms with van der Waals surface area (Å²) in [7, 11) is 0. The molecule has 1 aliphatic heterocycles. The van der Waals surface area contributed by atoms with E-state index in [2.05, 4.69) is 27.4 Å². The Morgan fingerprint density at radius 3 is 3.00 bits per heavy atom. The van der Waals surface area contributed by atoms with E-state index in [4.69, 9.17) is 0 Å². The number of hydrogen-bond acceptors (Lipinski definition) is 2. The smallest absolute Gasteiger partial charge is 0.228 e. The predicted molar refractivity (Wildman–Crippen MR) is 73.9 cm³/mol. The van der Waals surface area contributed by atoms with Crippen LogP contribution in [0.1, 0.15) is 5.56 Å². The quantitative estimate of drug-likeness (QED) is 0.696. The highest BCUT2D eigenvalue weighted by Crippen LogP contribution is 2.29. The number of pyridine rings is 1. The van der Waals surface area contributed by atoms with Crippen molar-refractivity contribution in [3.05, 3.63) is 48.3 Å². The van der Waals surface area contributed by atoms with Crippen LogP contribution in [-0.4, -0.2) is 15.9 Å². The number of rotatable bonds is 1. The van der Waals surface area contributed by atoms with Crippen LogP contribution >= 0.6 is 0 Å². The van der Waals surface area contributed by atoms with Gasteiger partial charge < -0.3 is 10.3 Å². The van der Waals surface area contributed by atoms with Gasteiger partial charge in [0.05, 0.1) is 6.42 Å². The van der Waals surface area contributed by atoms with Crippen molar-refractivity contribution < 1.29 is 4.79 Å². The van der Waals surface area contributed by atoms with E-state index in [0.29, 0.717) is 6.42 Å². The second kappa shape index (κ2) is 3.68. The van der Waals surface area contributed by atoms with Crippen LogP contribution < -0.4 is 5.32 Å². The monoisotopic (exact) mass is 249 g/mol. The second-order valence-corrected chi connectivity index (χ2v) is 4.74. The summed E-state index contributed by atoms with van der Waals surface area (Å²) in [5.74, 6) is 0.0614. The molecule has 3 aromatic rings. The first kappa shape index (κ1) is 10.3. The van der Waals surface area contributed by atoms with Crippen LogP contribution in [0.2, 0.25) is 0 Å². The molecule has 4 rings (SSSR count). The maximum absolute atomic E-state index is 11.4. The Balaban J connectivity index is 1.83. The minimum atomic E-state index is 0.0614. The van der Waals surface area contributed by atoms with Gasteiger partial charge in [-0.1, -0.05) is 6.07 Å². The summed E-state index contributed by atoms with van der Waals surface area (Å²) in [6, 6.07) is 10.1. The average Bonchev–Trinajstić information content (AvgIpc) is 3.01. The number of nitrogens with one attached hydrogen (secondary N) is 2. The molecule has 0 saturated carbocycles. The zero-order valence-electron chi connectivity index (χ0n) is 10.1. The van der Waals surface area contributed by atoms with Crippen molar-refractivity contribution in [2.75, 3.05) is 5.32 Å². The summed E-state index contributed by atoms with van der Waals surface area (Å²) in [4.78, 5) is 18.8. The standard InChI is InChI=1S/C15H11N3O/c19-14-7-11-5-9(1-2-13(11)18-14)12-6-10-3-4-16-15(10)17-8-12/h1-6,8H,7H2,(H,16,17)(H,18,19). The molecule has 0 aliphatic carbocycles. The number of fused-ring (bicyclic) bond motifs is 2. The van der Waals surface area contributed by atoms with Crippen LogP contribution in [0.4, 0.5) is 5.69 Å². The second-order valence-electron chi connectivity index (χ2n) is 4.74. The molecular weight excluding hydrogens is 238 g/mol. The number of hydrogen-bond donors (Lipinski definition) is 2. The van der Waals surface area contributed by atoms with Gasteiger partial charge in [0.2, 0.25) is 5.91 Å². The first-order valence-corrected chi connectivity index (χ1v) is 6.16. The number of anilines is 1. The van der Waals surface area contributed by atoms with Gasteiger partial charge in [-0.15, -0.1) is 0 Å². The molecule has 4 heteroatoms. The highest BCUT2D eigenvalue weighted by molar-refractivity contribution is 5.99. The van der Waals surface area contributed by atoms with Crippen LogP contribution in [0, 0.1) is 0 Å². The van der Waals surface area contributed by atoms with Gasteiger partial charge in [-0.3, -0.25) is 4.79 Å². The Bertz CT molecular complexity index is 804. The lowest BCUT2D eigenvalue weighted by Crippen LogP contribution is -2.03. The van der Waals surface area contributed by atoms with Crippen molar-refractivity contribution in [1.82, 2.24) is 9.97 Å². The van der Waals surface area contributed by atoms with Crippen LogP contribution in [0.25, 0.3) is 22.2 Å². The first-order chi connectivity index (χ1) is 9.29. The number of nitrogens with zero attached hydrogens (tertiary/aromatic N) is 1. The molecule has 2 aromatic heterocycles. The predicted octanol–water partition coefficient (Wildman–Crippen LogP) is 2.72. The minimum Gasteiger partial charge on any atom is -0.346 e. The van der Waals surface area contributed by atoms with E-state index in [-0.39, 0.29) is 5.91 Å². The lowest BCUT2D eigenvalue weighted by molar-refractivity contribution is -0.115. The van der Waals surface area contributed by atoms with Gasteiger partial charge in [0.15, 0.2) is 0 Å². The van der Waals surface area contributed by atoms with Crippen LogP contribution in [0.5, 0.6) is 0 Å². The van der Waals surface area contributed by atoms with Gasteiger partial charge in [-0.2, -0.15) is 0 Å². The zero-order chi connectivity index (χ0) is 12.8. The topological polar surface area (TPSA) is 57.8 Å². The van der Waals surface area contributed by atoms with Crippen LogP contribution in [0.3, 0.4) is 0 Å². The van der Waals surface area contributed by atoms with Gasteiger partial charge in [0.25, 0.3) is 0 Å². The van der Waals surface area contributed by atoms with Gasteiger partial charge >= 0.3 is 0 Å². The summed E-state index contributed by atoms with van der Waals surface area (Å²) < 4.78 is 0. The van der Waals surface area contributed by atoms with E-state index in [0.717, 1.165) is 33.4 Å². The summed E-state index contributed by atoms with van der Waals surface area (Å²) in [6.07, 6.45) is 4.19. The first-order valence-electron chi connectivity index (χ1n) is 6.16. The molecule has 1 aromatic carbocycles. The lowest BCUT2D eigenvalue weighted by atomic mass is 10.0. The summed E-state index contributed by atoms with van der Waals surface area (Å²) in [5, 5.41) is 3.93. The summed E-state index contributed by atoms with van der Waals surface area (Å²) >= 11 is 0. The molecule has 0 radical (unpaired) electrons. The van der Waals surface area contributed by atoms with E-state index in [1.807, 2.05) is 30.6 Å². The molecule has 0 atom stereocenters.